The fourth-order valence-electron chi connectivity index (χ4n) is 1.61. The maximum Gasteiger partial charge on any atom is 0.132 e. The quantitative estimate of drug-likeness (QED) is 0.825. The minimum atomic E-state index is 0. The molecule has 1 aromatic rings. The van der Waals surface area contributed by atoms with Gasteiger partial charge in [0.05, 0.1) is 13.2 Å². The highest BCUT2D eigenvalue weighted by Gasteiger charge is 2.12. The van der Waals surface area contributed by atoms with E-state index in [0.717, 1.165) is 44.4 Å². The molecule has 0 saturated carbocycles. The Balaban J connectivity index is 0.00000128. The second-order valence-corrected chi connectivity index (χ2v) is 3.47. The third kappa shape index (κ3) is 3.30. The molecule has 16 heavy (non-hydrogen) atoms. The zero-order valence-corrected chi connectivity index (χ0v) is 9.95. The van der Waals surface area contributed by atoms with Gasteiger partial charge in [0.1, 0.15) is 11.6 Å². The molecule has 0 unspecified atom stereocenters. The standard InChI is InChI=1S/C10H16N4O.ClH/c11-3-1-9-12-4-2-10(13-9)14-5-7-15-8-6-14;/h2,4H,1,3,5-8,11H2;1H. The van der Waals surface area contributed by atoms with Gasteiger partial charge in [-0.05, 0) is 12.6 Å². The van der Waals surface area contributed by atoms with Crippen molar-refractivity contribution in [2.75, 3.05) is 37.7 Å². The number of ether oxygens (including phenoxy) is 1. The molecular formula is C10H17ClN4O. The Bertz CT molecular complexity index is 317. The van der Waals surface area contributed by atoms with Crippen LogP contribution in [0.15, 0.2) is 12.3 Å². The highest BCUT2D eigenvalue weighted by atomic mass is 35.5. The number of rotatable bonds is 3. The second-order valence-electron chi connectivity index (χ2n) is 3.47. The molecule has 2 heterocycles. The molecule has 5 nitrogen and oxygen atoms in total. The summed E-state index contributed by atoms with van der Waals surface area (Å²) >= 11 is 0. The fourth-order valence-corrected chi connectivity index (χ4v) is 1.61. The lowest BCUT2D eigenvalue weighted by Gasteiger charge is -2.27. The van der Waals surface area contributed by atoms with Crippen LogP contribution in [0.25, 0.3) is 0 Å². The summed E-state index contributed by atoms with van der Waals surface area (Å²) in [5.74, 6) is 1.80. The van der Waals surface area contributed by atoms with Gasteiger partial charge in [0, 0.05) is 25.7 Å². The van der Waals surface area contributed by atoms with Crippen molar-refractivity contribution in [1.29, 1.82) is 0 Å². The summed E-state index contributed by atoms with van der Waals surface area (Å²) < 4.78 is 5.29. The lowest BCUT2D eigenvalue weighted by molar-refractivity contribution is 0.122. The van der Waals surface area contributed by atoms with Crippen molar-refractivity contribution < 1.29 is 4.74 Å². The van der Waals surface area contributed by atoms with Gasteiger partial charge in [-0.3, -0.25) is 0 Å². The van der Waals surface area contributed by atoms with Crippen LogP contribution in [0, 0.1) is 0 Å². The highest BCUT2D eigenvalue weighted by Crippen LogP contribution is 2.11. The average Bonchev–Trinajstić information content (AvgIpc) is 2.31. The van der Waals surface area contributed by atoms with Crippen LogP contribution in [0.3, 0.4) is 0 Å². The molecule has 0 spiro atoms. The molecule has 1 aliphatic heterocycles. The van der Waals surface area contributed by atoms with E-state index in [1.54, 1.807) is 6.20 Å². The summed E-state index contributed by atoms with van der Waals surface area (Å²) in [6.07, 6.45) is 2.53. The third-order valence-electron chi connectivity index (χ3n) is 2.39. The van der Waals surface area contributed by atoms with Crippen LogP contribution < -0.4 is 10.6 Å². The van der Waals surface area contributed by atoms with Gasteiger partial charge in [-0.2, -0.15) is 0 Å². The zero-order chi connectivity index (χ0) is 10.5. The van der Waals surface area contributed by atoms with Crippen molar-refractivity contribution in [2.24, 2.45) is 5.73 Å². The molecule has 0 bridgehead atoms. The van der Waals surface area contributed by atoms with Crippen molar-refractivity contribution in [3.05, 3.63) is 18.1 Å². The maximum absolute atomic E-state index is 5.48. The van der Waals surface area contributed by atoms with Crippen LogP contribution >= 0.6 is 12.4 Å². The monoisotopic (exact) mass is 244 g/mol. The smallest absolute Gasteiger partial charge is 0.132 e. The largest absolute Gasteiger partial charge is 0.378 e. The average molecular weight is 245 g/mol. The highest BCUT2D eigenvalue weighted by molar-refractivity contribution is 5.85. The molecule has 2 N–H and O–H groups in total. The topological polar surface area (TPSA) is 64.3 Å². The van der Waals surface area contributed by atoms with Crippen molar-refractivity contribution in [2.45, 2.75) is 6.42 Å². The van der Waals surface area contributed by atoms with E-state index >= 15 is 0 Å². The minimum Gasteiger partial charge on any atom is -0.378 e. The third-order valence-corrected chi connectivity index (χ3v) is 2.39. The van der Waals surface area contributed by atoms with Crippen LogP contribution in [0.5, 0.6) is 0 Å². The van der Waals surface area contributed by atoms with Crippen molar-refractivity contribution in [3.8, 4) is 0 Å². The fraction of sp³-hybridized carbons (Fsp3) is 0.600. The molecule has 1 aromatic heterocycles. The van der Waals surface area contributed by atoms with E-state index in [1.807, 2.05) is 6.07 Å². The maximum atomic E-state index is 5.48. The summed E-state index contributed by atoms with van der Waals surface area (Å²) in [6.45, 7) is 3.94. The normalized spacial score (nSPS) is 15.7. The van der Waals surface area contributed by atoms with Crippen molar-refractivity contribution in [1.82, 2.24) is 9.97 Å². The van der Waals surface area contributed by atoms with E-state index < -0.39 is 0 Å². The number of morpholine rings is 1. The first-order valence-corrected chi connectivity index (χ1v) is 5.25. The van der Waals surface area contributed by atoms with Crippen LogP contribution in [0.4, 0.5) is 5.82 Å². The van der Waals surface area contributed by atoms with E-state index in [-0.39, 0.29) is 12.4 Å². The lowest BCUT2D eigenvalue weighted by atomic mass is 10.3. The Morgan fingerprint density at radius 2 is 2.12 bits per heavy atom. The van der Waals surface area contributed by atoms with E-state index in [1.165, 1.54) is 0 Å². The van der Waals surface area contributed by atoms with Crippen molar-refractivity contribution in [3.63, 3.8) is 0 Å². The summed E-state index contributed by atoms with van der Waals surface area (Å²) in [5, 5.41) is 0. The minimum absolute atomic E-state index is 0. The molecule has 0 aromatic carbocycles. The van der Waals surface area contributed by atoms with Crippen LogP contribution in [0.1, 0.15) is 5.82 Å². The van der Waals surface area contributed by atoms with Gasteiger partial charge in [0.2, 0.25) is 0 Å². The number of aromatic nitrogens is 2. The summed E-state index contributed by atoms with van der Waals surface area (Å²) in [7, 11) is 0. The first-order chi connectivity index (χ1) is 7.40. The van der Waals surface area contributed by atoms with E-state index in [0.29, 0.717) is 6.54 Å². The predicted molar refractivity (Wildman–Crippen MR) is 65.1 cm³/mol. The van der Waals surface area contributed by atoms with Crippen molar-refractivity contribution >= 4 is 18.2 Å². The molecule has 1 fully saturated rings. The number of nitrogens with two attached hydrogens (primary N) is 1. The van der Waals surface area contributed by atoms with Gasteiger partial charge >= 0.3 is 0 Å². The number of hydrogen-bond acceptors (Lipinski definition) is 5. The van der Waals surface area contributed by atoms with Crippen LogP contribution in [0.2, 0.25) is 0 Å². The van der Waals surface area contributed by atoms with Gasteiger partial charge in [-0.25, -0.2) is 9.97 Å². The van der Waals surface area contributed by atoms with Gasteiger partial charge in [0.15, 0.2) is 0 Å². The first kappa shape index (κ1) is 13.2. The molecule has 1 saturated heterocycles. The number of hydrogen-bond donors (Lipinski definition) is 1. The molecule has 2 rings (SSSR count). The number of halogens is 1. The molecule has 1 aliphatic rings. The predicted octanol–water partition coefficient (Wildman–Crippen LogP) is 0.236. The molecule has 90 valence electrons. The molecule has 0 atom stereocenters. The van der Waals surface area contributed by atoms with Gasteiger partial charge < -0.3 is 15.4 Å². The Hall–Kier alpha value is -0.910. The summed E-state index contributed by atoms with van der Waals surface area (Å²) in [4.78, 5) is 10.9. The van der Waals surface area contributed by atoms with Gasteiger partial charge in [-0.15, -0.1) is 12.4 Å². The van der Waals surface area contributed by atoms with E-state index in [9.17, 15) is 0 Å². The number of anilines is 1. The van der Waals surface area contributed by atoms with Crippen LogP contribution in [-0.4, -0.2) is 42.8 Å². The Kier molecular flexibility index (Phi) is 5.45. The first-order valence-electron chi connectivity index (χ1n) is 5.25. The SMILES string of the molecule is Cl.NCCc1nccc(N2CCOCC2)n1. The molecule has 0 radical (unpaired) electrons. The Morgan fingerprint density at radius 3 is 2.81 bits per heavy atom. The Morgan fingerprint density at radius 1 is 1.38 bits per heavy atom. The number of nitrogens with zero attached hydrogens (tertiary/aromatic N) is 3. The Labute approximate surface area is 101 Å². The lowest BCUT2D eigenvalue weighted by Crippen LogP contribution is -2.36. The second kappa shape index (κ2) is 6.62. The van der Waals surface area contributed by atoms with Crippen LogP contribution in [-0.2, 0) is 11.2 Å². The molecule has 0 aliphatic carbocycles. The summed E-state index contributed by atoms with van der Waals surface area (Å²) in [6, 6.07) is 1.94. The van der Waals surface area contributed by atoms with Gasteiger partial charge in [0.25, 0.3) is 0 Å². The van der Waals surface area contributed by atoms with Gasteiger partial charge in [-0.1, -0.05) is 0 Å². The zero-order valence-electron chi connectivity index (χ0n) is 9.13. The summed E-state index contributed by atoms with van der Waals surface area (Å²) in [5.41, 5.74) is 5.48. The van der Waals surface area contributed by atoms with E-state index in [2.05, 4.69) is 14.9 Å². The molecule has 0 amide bonds. The van der Waals surface area contributed by atoms with E-state index in [4.69, 9.17) is 10.5 Å². The molecule has 6 heteroatoms. The molecular weight excluding hydrogens is 228 g/mol.